The first kappa shape index (κ1) is 16.2. The number of hydrogen-bond acceptors (Lipinski definition) is 4. The van der Waals surface area contributed by atoms with Crippen molar-refractivity contribution >= 4 is 46.2 Å². The van der Waals surface area contributed by atoms with E-state index in [2.05, 4.69) is 5.32 Å². The number of ketones is 1. The highest BCUT2D eigenvalue weighted by molar-refractivity contribution is 7.12. The number of Topliss-reactive ketones (excluding diaryl/α,β-unsaturated/α-hetero) is 1. The molecule has 0 aliphatic rings. The van der Waals surface area contributed by atoms with Gasteiger partial charge in [0.15, 0.2) is 5.78 Å². The predicted molar refractivity (Wildman–Crippen MR) is 86.5 cm³/mol. The Labute approximate surface area is 136 Å². The summed E-state index contributed by atoms with van der Waals surface area (Å²) in [5.74, 6) is -0.996. The number of carbonyl (C=O) groups is 3. The maximum Gasteiger partial charge on any atom is 0.250 e. The van der Waals surface area contributed by atoms with Gasteiger partial charge in [0.1, 0.15) is 0 Å². The van der Waals surface area contributed by atoms with Gasteiger partial charge < -0.3 is 11.1 Å². The molecular formula is C15H13ClN2O3S. The van der Waals surface area contributed by atoms with E-state index in [1.54, 1.807) is 12.1 Å². The number of nitrogens with two attached hydrogens (primary N) is 1. The molecule has 0 radical (unpaired) electrons. The minimum atomic E-state index is -0.635. The third kappa shape index (κ3) is 4.16. The second-order valence-corrected chi connectivity index (χ2v) is 5.86. The quantitative estimate of drug-likeness (QED) is 0.794. The summed E-state index contributed by atoms with van der Waals surface area (Å²) in [4.78, 5) is 35.3. The summed E-state index contributed by atoms with van der Waals surface area (Å²) in [6.45, 7) is 0. The van der Waals surface area contributed by atoms with E-state index in [4.69, 9.17) is 17.3 Å². The minimum absolute atomic E-state index is 0.0627. The molecule has 0 saturated carbocycles. The molecule has 1 heterocycles. The zero-order chi connectivity index (χ0) is 16.1. The van der Waals surface area contributed by atoms with Crippen LogP contribution in [0, 0.1) is 0 Å². The second kappa shape index (κ2) is 7.20. The molecule has 0 saturated heterocycles. The van der Waals surface area contributed by atoms with Crippen LogP contribution in [-0.4, -0.2) is 17.6 Å². The molecule has 0 bridgehead atoms. The largest absolute Gasteiger partial charge is 0.366 e. The second-order valence-electron chi connectivity index (χ2n) is 4.51. The normalized spacial score (nSPS) is 10.2. The lowest BCUT2D eigenvalue weighted by Gasteiger charge is -2.07. The Hall–Kier alpha value is -2.18. The summed E-state index contributed by atoms with van der Waals surface area (Å²) in [6, 6.07) is 7.94. The SMILES string of the molecule is NC(=O)c1ccc(NC(=O)CCC(=O)c2cccs2)cc1Cl. The molecular weight excluding hydrogens is 324 g/mol. The topological polar surface area (TPSA) is 89.3 Å². The molecule has 0 aliphatic heterocycles. The summed E-state index contributed by atoms with van der Waals surface area (Å²) >= 11 is 7.25. The van der Waals surface area contributed by atoms with E-state index in [0.717, 1.165) is 0 Å². The zero-order valence-electron chi connectivity index (χ0n) is 11.5. The molecule has 7 heteroatoms. The Morgan fingerprint density at radius 1 is 1.18 bits per heavy atom. The molecule has 0 fully saturated rings. The van der Waals surface area contributed by atoms with E-state index in [9.17, 15) is 14.4 Å². The van der Waals surface area contributed by atoms with Crippen LogP contribution < -0.4 is 11.1 Å². The Bertz CT molecular complexity index is 714. The van der Waals surface area contributed by atoms with Gasteiger partial charge in [0.2, 0.25) is 11.8 Å². The molecule has 3 N–H and O–H groups in total. The van der Waals surface area contributed by atoms with Crippen molar-refractivity contribution in [1.82, 2.24) is 0 Å². The number of halogens is 1. The summed E-state index contributed by atoms with van der Waals surface area (Å²) < 4.78 is 0. The molecule has 5 nitrogen and oxygen atoms in total. The Morgan fingerprint density at radius 3 is 2.55 bits per heavy atom. The molecule has 1 aromatic carbocycles. The number of carbonyl (C=O) groups excluding carboxylic acids is 3. The smallest absolute Gasteiger partial charge is 0.250 e. The Kier molecular flexibility index (Phi) is 5.30. The van der Waals surface area contributed by atoms with E-state index in [-0.39, 0.29) is 35.1 Å². The fraction of sp³-hybridized carbons (Fsp3) is 0.133. The zero-order valence-corrected chi connectivity index (χ0v) is 13.0. The van der Waals surface area contributed by atoms with Crippen LogP contribution in [0.2, 0.25) is 5.02 Å². The van der Waals surface area contributed by atoms with Crippen molar-refractivity contribution in [2.75, 3.05) is 5.32 Å². The average Bonchev–Trinajstić information content (AvgIpc) is 2.98. The molecule has 0 atom stereocenters. The summed E-state index contributed by atoms with van der Waals surface area (Å²) in [7, 11) is 0. The molecule has 2 aromatic rings. The van der Waals surface area contributed by atoms with Crippen LogP contribution in [0.4, 0.5) is 5.69 Å². The van der Waals surface area contributed by atoms with Gasteiger partial charge in [0, 0.05) is 18.5 Å². The van der Waals surface area contributed by atoms with Gasteiger partial charge in [-0.1, -0.05) is 17.7 Å². The molecule has 2 amide bonds. The fourth-order valence-corrected chi connectivity index (χ4v) is 2.77. The van der Waals surface area contributed by atoms with E-state index in [1.165, 1.54) is 29.5 Å². The Balaban J connectivity index is 1.91. The molecule has 2 rings (SSSR count). The van der Waals surface area contributed by atoms with Gasteiger partial charge in [-0.3, -0.25) is 14.4 Å². The number of thiophene rings is 1. The number of nitrogens with one attached hydrogen (secondary N) is 1. The van der Waals surface area contributed by atoms with Crippen molar-refractivity contribution in [2.24, 2.45) is 5.73 Å². The van der Waals surface area contributed by atoms with Crippen molar-refractivity contribution in [3.05, 3.63) is 51.2 Å². The van der Waals surface area contributed by atoms with E-state index in [1.807, 2.05) is 5.38 Å². The summed E-state index contributed by atoms with van der Waals surface area (Å²) in [5, 5.41) is 4.61. The molecule has 0 unspecified atom stereocenters. The van der Waals surface area contributed by atoms with Gasteiger partial charge in [-0.2, -0.15) is 0 Å². The highest BCUT2D eigenvalue weighted by atomic mass is 35.5. The van der Waals surface area contributed by atoms with Crippen LogP contribution in [-0.2, 0) is 4.79 Å². The summed E-state index contributed by atoms with van der Waals surface area (Å²) in [6.07, 6.45) is 0.214. The van der Waals surface area contributed by atoms with E-state index >= 15 is 0 Å². The van der Waals surface area contributed by atoms with Gasteiger partial charge in [-0.05, 0) is 29.6 Å². The number of anilines is 1. The molecule has 0 spiro atoms. The lowest BCUT2D eigenvalue weighted by molar-refractivity contribution is -0.116. The van der Waals surface area contributed by atoms with Crippen molar-refractivity contribution in [1.29, 1.82) is 0 Å². The lowest BCUT2D eigenvalue weighted by Crippen LogP contribution is -2.14. The van der Waals surface area contributed by atoms with Crippen LogP contribution in [0.1, 0.15) is 32.9 Å². The van der Waals surface area contributed by atoms with E-state index in [0.29, 0.717) is 10.6 Å². The van der Waals surface area contributed by atoms with Gasteiger partial charge in [-0.15, -0.1) is 11.3 Å². The van der Waals surface area contributed by atoms with Crippen molar-refractivity contribution in [3.63, 3.8) is 0 Å². The number of hydrogen-bond donors (Lipinski definition) is 2. The van der Waals surface area contributed by atoms with Crippen molar-refractivity contribution < 1.29 is 14.4 Å². The maximum atomic E-state index is 11.8. The molecule has 0 aliphatic carbocycles. The van der Waals surface area contributed by atoms with Crippen LogP contribution >= 0.6 is 22.9 Å². The molecule has 1 aromatic heterocycles. The van der Waals surface area contributed by atoms with Crippen LogP contribution in [0.5, 0.6) is 0 Å². The highest BCUT2D eigenvalue weighted by Crippen LogP contribution is 2.21. The maximum absolute atomic E-state index is 11.8. The van der Waals surface area contributed by atoms with Crippen LogP contribution in [0.3, 0.4) is 0 Å². The number of rotatable bonds is 6. The van der Waals surface area contributed by atoms with Gasteiger partial charge in [0.25, 0.3) is 0 Å². The average molecular weight is 337 g/mol. The standard InChI is InChI=1S/C15H13ClN2O3S/c16-11-8-9(3-4-10(11)15(17)21)18-14(20)6-5-12(19)13-2-1-7-22-13/h1-4,7-8H,5-6H2,(H2,17,21)(H,18,20). The fourth-order valence-electron chi connectivity index (χ4n) is 1.80. The van der Waals surface area contributed by atoms with Gasteiger partial charge in [-0.25, -0.2) is 0 Å². The molecule has 114 valence electrons. The number of primary amides is 1. The number of benzene rings is 1. The third-order valence-corrected chi connectivity index (χ3v) is 4.12. The first-order valence-corrected chi connectivity index (χ1v) is 7.69. The van der Waals surface area contributed by atoms with Crippen molar-refractivity contribution in [2.45, 2.75) is 12.8 Å². The van der Waals surface area contributed by atoms with Crippen molar-refractivity contribution in [3.8, 4) is 0 Å². The lowest BCUT2D eigenvalue weighted by atomic mass is 10.1. The van der Waals surface area contributed by atoms with Crippen LogP contribution in [0.25, 0.3) is 0 Å². The van der Waals surface area contributed by atoms with Gasteiger partial charge in [0.05, 0.1) is 15.5 Å². The highest BCUT2D eigenvalue weighted by Gasteiger charge is 2.12. The number of amides is 2. The van der Waals surface area contributed by atoms with E-state index < -0.39 is 5.91 Å². The third-order valence-electron chi connectivity index (χ3n) is 2.89. The monoisotopic (exact) mass is 336 g/mol. The predicted octanol–water partition coefficient (Wildman–Crippen LogP) is 3.10. The minimum Gasteiger partial charge on any atom is -0.366 e. The summed E-state index contributed by atoms with van der Waals surface area (Å²) in [5.41, 5.74) is 5.78. The first-order valence-electron chi connectivity index (χ1n) is 6.43. The van der Waals surface area contributed by atoms with Gasteiger partial charge >= 0.3 is 0 Å². The first-order chi connectivity index (χ1) is 10.5. The van der Waals surface area contributed by atoms with Crippen LogP contribution in [0.15, 0.2) is 35.7 Å². The molecule has 22 heavy (non-hydrogen) atoms. The Morgan fingerprint density at radius 2 is 1.95 bits per heavy atom.